The smallest absolute Gasteiger partial charge is 0.312 e. The molecule has 3 aromatic rings. The van der Waals surface area contributed by atoms with Crippen LogP contribution in [0, 0.1) is 0 Å². The normalized spacial score (nSPS) is 10.7. The maximum Gasteiger partial charge on any atom is 0.323 e. The number of amides is 1. The Hall–Kier alpha value is -2.67. The monoisotopic (exact) mass is 289 g/mol. The van der Waals surface area contributed by atoms with Crippen molar-refractivity contribution in [3.63, 3.8) is 0 Å². The minimum Gasteiger partial charge on any atom is -0.312 e. The highest BCUT2D eigenvalue weighted by atomic mass is 35.5. The van der Waals surface area contributed by atoms with Crippen LogP contribution in [0.2, 0.25) is 5.15 Å². The highest BCUT2D eigenvalue weighted by molar-refractivity contribution is 6.32. The zero-order chi connectivity index (χ0) is 14.1. The van der Waals surface area contributed by atoms with Gasteiger partial charge >= 0.3 is 5.69 Å². The number of hydrogen-bond donors (Lipinski definition) is 3. The number of rotatable bonds is 2. The second-order valence-corrected chi connectivity index (χ2v) is 4.32. The van der Waals surface area contributed by atoms with Crippen molar-refractivity contribution in [2.75, 3.05) is 5.32 Å². The molecule has 2 heterocycles. The van der Waals surface area contributed by atoms with E-state index in [1.54, 1.807) is 18.2 Å². The van der Waals surface area contributed by atoms with Crippen LogP contribution in [-0.2, 0) is 0 Å². The van der Waals surface area contributed by atoms with E-state index in [1.165, 1.54) is 6.20 Å². The molecule has 0 aliphatic carbocycles. The van der Waals surface area contributed by atoms with E-state index in [0.29, 0.717) is 11.0 Å². The number of imidazole rings is 1. The van der Waals surface area contributed by atoms with Gasteiger partial charge in [0.25, 0.3) is 5.91 Å². The summed E-state index contributed by atoms with van der Waals surface area (Å²) in [7, 11) is 0. The van der Waals surface area contributed by atoms with Crippen LogP contribution in [0.15, 0.2) is 35.3 Å². The van der Waals surface area contributed by atoms with E-state index in [1.807, 2.05) is 6.07 Å². The minimum atomic E-state index is -0.533. The van der Waals surface area contributed by atoms with Crippen LogP contribution in [0.3, 0.4) is 0 Å². The fourth-order valence-electron chi connectivity index (χ4n) is 1.69. The predicted molar refractivity (Wildman–Crippen MR) is 73.9 cm³/mol. The van der Waals surface area contributed by atoms with E-state index in [0.717, 1.165) is 0 Å². The number of fused-ring (bicyclic) bond motifs is 1. The number of nitrogens with zero attached hydrogens (tertiary/aromatic N) is 2. The van der Waals surface area contributed by atoms with Gasteiger partial charge in [0.2, 0.25) is 0 Å². The Morgan fingerprint density at radius 2 is 1.90 bits per heavy atom. The lowest BCUT2D eigenvalue weighted by molar-refractivity contribution is 0.102. The van der Waals surface area contributed by atoms with E-state index < -0.39 is 11.6 Å². The second-order valence-electron chi connectivity index (χ2n) is 3.96. The van der Waals surface area contributed by atoms with Crippen LogP contribution >= 0.6 is 11.6 Å². The summed E-state index contributed by atoms with van der Waals surface area (Å²) in [6.07, 6.45) is 1.26. The largest absolute Gasteiger partial charge is 0.323 e. The van der Waals surface area contributed by atoms with E-state index in [2.05, 4.69) is 25.3 Å². The molecule has 0 aliphatic heterocycles. The number of aromatic amines is 2. The Kier molecular flexibility index (Phi) is 2.96. The van der Waals surface area contributed by atoms with Gasteiger partial charge in [-0.15, -0.1) is 0 Å². The van der Waals surface area contributed by atoms with Crippen LogP contribution in [-0.4, -0.2) is 25.8 Å². The molecule has 0 unspecified atom stereocenters. The van der Waals surface area contributed by atoms with Crippen molar-refractivity contribution in [1.29, 1.82) is 0 Å². The van der Waals surface area contributed by atoms with Crippen molar-refractivity contribution < 1.29 is 4.79 Å². The number of benzene rings is 1. The molecule has 100 valence electrons. The first-order valence-corrected chi connectivity index (χ1v) is 6.02. The summed E-state index contributed by atoms with van der Waals surface area (Å²) in [5, 5.41) is 2.58. The number of hydrogen-bond acceptors (Lipinski definition) is 4. The van der Waals surface area contributed by atoms with Gasteiger partial charge in [0.15, 0.2) is 11.0 Å². The molecule has 0 atom stereocenters. The third kappa shape index (κ3) is 2.26. The highest BCUT2D eigenvalue weighted by Crippen LogP contribution is 2.21. The molecular weight excluding hydrogens is 282 g/mol. The summed E-state index contributed by atoms with van der Waals surface area (Å²) < 4.78 is 0. The van der Waals surface area contributed by atoms with Gasteiger partial charge in [0, 0.05) is 6.20 Å². The van der Waals surface area contributed by atoms with Gasteiger partial charge in [-0.1, -0.05) is 23.7 Å². The lowest BCUT2D eigenvalue weighted by Crippen LogP contribution is -2.15. The Bertz CT molecular complexity index is 854. The molecule has 3 N–H and O–H groups in total. The Morgan fingerprint density at radius 1 is 1.20 bits per heavy atom. The van der Waals surface area contributed by atoms with Crippen LogP contribution in [0.1, 0.15) is 10.5 Å². The number of aromatic nitrogens is 4. The van der Waals surface area contributed by atoms with E-state index in [9.17, 15) is 9.59 Å². The number of para-hydroxylation sites is 2. The number of halogens is 1. The van der Waals surface area contributed by atoms with Gasteiger partial charge in [-0.25, -0.2) is 14.8 Å². The molecule has 0 aliphatic rings. The summed E-state index contributed by atoms with van der Waals surface area (Å²) in [5.74, 6) is -0.396. The predicted octanol–water partition coefficient (Wildman–Crippen LogP) is 1.55. The first kappa shape index (κ1) is 12.4. The molecule has 20 heavy (non-hydrogen) atoms. The van der Waals surface area contributed by atoms with Crippen LogP contribution in [0.25, 0.3) is 11.0 Å². The fourth-order valence-corrected chi connectivity index (χ4v) is 1.87. The molecule has 1 aromatic carbocycles. The van der Waals surface area contributed by atoms with Gasteiger partial charge in [-0.2, -0.15) is 0 Å². The Labute approximate surface area is 117 Å². The lowest BCUT2D eigenvalue weighted by Gasteiger charge is -2.05. The first-order chi connectivity index (χ1) is 9.63. The summed E-state index contributed by atoms with van der Waals surface area (Å²) in [6.45, 7) is 0. The molecule has 0 saturated heterocycles. The summed E-state index contributed by atoms with van der Waals surface area (Å²) in [5.41, 5.74) is 0.854. The lowest BCUT2D eigenvalue weighted by atomic mass is 10.3. The number of H-pyrrole nitrogens is 2. The van der Waals surface area contributed by atoms with Crippen molar-refractivity contribution in [3.8, 4) is 0 Å². The van der Waals surface area contributed by atoms with Crippen molar-refractivity contribution in [3.05, 3.63) is 51.8 Å². The first-order valence-electron chi connectivity index (χ1n) is 5.65. The molecule has 1 amide bonds. The Morgan fingerprint density at radius 3 is 2.55 bits per heavy atom. The van der Waals surface area contributed by atoms with Gasteiger partial charge in [-0.05, 0) is 12.1 Å². The highest BCUT2D eigenvalue weighted by Gasteiger charge is 2.13. The molecule has 8 heteroatoms. The average Bonchev–Trinajstić information content (AvgIpc) is 2.86. The topological polar surface area (TPSA) is 104 Å². The molecule has 2 aromatic heterocycles. The van der Waals surface area contributed by atoms with Crippen molar-refractivity contribution in [1.82, 2.24) is 19.9 Å². The molecule has 0 fully saturated rings. The fraction of sp³-hybridized carbons (Fsp3) is 0. The number of carbonyl (C=O) groups is 1. The molecular formula is C12H8ClN5O2. The number of anilines is 1. The molecule has 0 saturated carbocycles. The average molecular weight is 290 g/mol. The quantitative estimate of drug-likeness (QED) is 0.666. The third-order valence-corrected chi connectivity index (χ3v) is 2.86. The van der Waals surface area contributed by atoms with Gasteiger partial charge < -0.3 is 15.3 Å². The van der Waals surface area contributed by atoms with Crippen molar-refractivity contribution >= 4 is 34.4 Å². The summed E-state index contributed by atoms with van der Waals surface area (Å²) >= 11 is 5.97. The molecule has 0 bridgehead atoms. The number of carbonyl (C=O) groups excluding carboxylic acids is 1. The van der Waals surface area contributed by atoms with Gasteiger partial charge in [-0.3, -0.25) is 4.79 Å². The number of nitrogens with one attached hydrogen (secondary N) is 3. The standard InChI is InChI=1S/C12H8ClN5O2/c13-9-10(16-7-4-2-1-3-6(7)15-9)18-11(19)8-5-14-12(20)17-8/h1-5H,(H2,14,17,20)(H,16,18,19). The van der Waals surface area contributed by atoms with Crippen molar-refractivity contribution in [2.24, 2.45) is 0 Å². The molecule has 7 nitrogen and oxygen atoms in total. The maximum absolute atomic E-state index is 11.9. The molecule has 3 rings (SSSR count). The SMILES string of the molecule is O=C(Nc1nc2ccccc2nc1Cl)c1c[nH]c(=O)[nH]1. The zero-order valence-electron chi connectivity index (χ0n) is 9.98. The van der Waals surface area contributed by atoms with Crippen molar-refractivity contribution in [2.45, 2.75) is 0 Å². The second kappa shape index (κ2) is 4.78. The van der Waals surface area contributed by atoms with Gasteiger partial charge in [0.1, 0.15) is 5.69 Å². The minimum absolute atomic E-state index is 0.0786. The zero-order valence-corrected chi connectivity index (χ0v) is 10.7. The van der Waals surface area contributed by atoms with Crippen LogP contribution in [0.5, 0.6) is 0 Å². The maximum atomic E-state index is 11.9. The van der Waals surface area contributed by atoms with E-state index in [-0.39, 0.29) is 16.7 Å². The van der Waals surface area contributed by atoms with E-state index >= 15 is 0 Å². The third-order valence-electron chi connectivity index (χ3n) is 2.60. The molecule has 0 radical (unpaired) electrons. The van der Waals surface area contributed by atoms with Gasteiger partial charge in [0.05, 0.1) is 11.0 Å². The van der Waals surface area contributed by atoms with Crippen LogP contribution in [0.4, 0.5) is 5.82 Å². The van der Waals surface area contributed by atoms with Crippen LogP contribution < -0.4 is 11.0 Å². The Balaban J connectivity index is 1.96. The molecule has 0 spiro atoms. The summed E-state index contributed by atoms with van der Waals surface area (Å²) in [4.78, 5) is 35.9. The van der Waals surface area contributed by atoms with E-state index in [4.69, 9.17) is 11.6 Å². The summed E-state index contributed by atoms with van der Waals surface area (Å²) in [6, 6.07) is 7.15.